The molecule has 1 aromatic carbocycles. The Kier molecular flexibility index (Phi) is 4.83. The minimum Gasteiger partial charge on any atom is -0.478 e. The van der Waals surface area contributed by atoms with E-state index in [1.54, 1.807) is 0 Å². The van der Waals surface area contributed by atoms with Crippen LogP contribution in [0.1, 0.15) is 22.8 Å². The molecule has 1 atom stereocenters. The van der Waals surface area contributed by atoms with Crippen molar-refractivity contribution in [3.05, 3.63) is 35.4 Å². The van der Waals surface area contributed by atoms with Gasteiger partial charge in [0.05, 0.1) is 17.9 Å². The van der Waals surface area contributed by atoms with Crippen molar-refractivity contribution in [2.24, 2.45) is 0 Å². The molecule has 0 amide bonds. The fourth-order valence-corrected chi connectivity index (χ4v) is 2.79. The molecule has 0 aliphatic rings. The Bertz CT molecular complexity index is 526. The molecule has 0 aliphatic heterocycles. The molecule has 0 aromatic heterocycles. The van der Waals surface area contributed by atoms with Crippen LogP contribution in [0, 0.1) is 0 Å². The zero-order valence-corrected chi connectivity index (χ0v) is 10.6. The number of carboxylic acid groups (broad SMARTS) is 1. The van der Waals surface area contributed by atoms with Crippen molar-refractivity contribution in [2.75, 3.05) is 6.61 Å². The molecule has 6 nitrogen and oxygen atoms in total. The topological polar surface area (TPSA) is 104 Å². The van der Waals surface area contributed by atoms with Crippen molar-refractivity contribution in [1.82, 2.24) is 4.72 Å². The fraction of sp³-hybridized carbons (Fsp3) is 0.364. The van der Waals surface area contributed by atoms with Crippen molar-refractivity contribution in [2.45, 2.75) is 18.7 Å². The lowest BCUT2D eigenvalue weighted by atomic mass is 10.1. The predicted molar refractivity (Wildman–Crippen MR) is 65.7 cm³/mol. The van der Waals surface area contributed by atoms with Crippen LogP contribution in [0.15, 0.2) is 24.3 Å². The fourth-order valence-electron chi connectivity index (χ4n) is 1.40. The summed E-state index contributed by atoms with van der Waals surface area (Å²) in [6.07, 6.45) is 0. The monoisotopic (exact) mass is 273 g/mol. The summed E-state index contributed by atoms with van der Waals surface area (Å²) in [6.45, 7) is 1.24. The van der Waals surface area contributed by atoms with Crippen molar-refractivity contribution in [3.63, 3.8) is 0 Å². The normalized spacial score (nSPS) is 13.2. The molecule has 0 bridgehead atoms. The first-order valence-corrected chi connectivity index (χ1v) is 6.92. The molecule has 100 valence electrons. The van der Waals surface area contributed by atoms with E-state index >= 15 is 0 Å². The van der Waals surface area contributed by atoms with Gasteiger partial charge < -0.3 is 10.2 Å². The molecule has 7 heteroatoms. The summed E-state index contributed by atoms with van der Waals surface area (Å²) in [4.78, 5) is 10.7. The van der Waals surface area contributed by atoms with Gasteiger partial charge in [0.25, 0.3) is 0 Å². The maximum Gasteiger partial charge on any atom is 0.335 e. The molecule has 18 heavy (non-hydrogen) atoms. The maximum atomic E-state index is 11.7. The van der Waals surface area contributed by atoms with Gasteiger partial charge in [0.1, 0.15) is 0 Å². The third-order valence-electron chi connectivity index (χ3n) is 2.19. The lowest BCUT2D eigenvalue weighted by Crippen LogP contribution is -2.35. The molecule has 0 spiro atoms. The highest BCUT2D eigenvalue weighted by Crippen LogP contribution is 2.09. The first kappa shape index (κ1) is 14.6. The number of rotatable bonds is 6. The van der Waals surface area contributed by atoms with E-state index in [9.17, 15) is 13.2 Å². The Morgan fingerprint density at radius 2 is 2.11 bits per heavy atom. The number of nitrogens with one attached hydrogen (secondary N) is 1. The van der Waals surface area contributed by atoms with Crippen molar-refractivity contribution < 1.29 is 23.4 Å². The SMILES string of the molecule is C[C@H](CO)NS(=O)(=O)Cc1cccc(C(=O)O)c1. The summed E-state index contributed by atoms with van der Waals surface area (Å²) in [7, 11) is -3.59. The molecule has 0 saturated heterocycles. The number of aliphatic hydroxyl groups is 1. The summed E-state index contributed by atoms with van der Waals surface area (Å²) in [5.41, 5.74) is 0.422. The van der Waals surface area contributed by atoms with E-state index in [0.717, 1.165) is 0 Å². The number of benzene rings is 1. The van der Waals surface area contributed by atoms with Crippen LogP contribution in [0.5, 0.6) is 0 Å². The highest BCUT2D eigenvalue weighted by Gasteiger charge is 2.15. The Labute approximate surface area is 105 Å². The number of hydrogen-bond donors (Lipinski definition) is 3. The zero-order valence-electron chi connectivity index (χ0n) is 9.83. The van der Waals surface area contributed by atoms with Crippen LogP contribution < -0.4 is 4.72 Å². The number of carboxylic acids is 1. The van der Waals surface area contributed by atoms with E-state index in [0.29, 0.717) is 5.56 Å². The van der Waals surface area contributed by atoms with Gasteiger partial charge in [-0.1, -0.05) is 12.1 Å². The summed E-state index contributed by atoms with van der Waals surface area (Å²) < 4.78 is 25.6. The van der Waals surface area contributed by atoms with E-state index < -0.39 is 22.0 Å². The smallest absolute Gasteiger partial charge is 0.335 e. The quantitative estimate of drug-likeness (QED) is 0.686. The minimum absolute atomic E-state index is 0.0397. The van der Waals surface area contributed by atoms with Gasteiger partial charge in [-0.25, -0.2) is 17.9 Å². The zero-order chi connectivity index (χ0) is 13.8. The van der Waals surface area contributed by atoms with Gasteiger partial charge in [0, 0.05) is 6.04 Å². The average molecular weight is 273 g/mol. The number of aliphatic hydroxyl groups excluding tert-OH is 1. The molecule has 0 aliphatic carbocycles. The second kappa shape index (κ2) is 5.94. The standard InChI is InChI=1S/C11H15NO5S/c1-8(6-13)12-18(16,17)7-9-3-2-4-10(5-9)11(14)15/h2-5,8,12-13H,6-7H2,1H3,(H,14,15)/t8-/m1/s1. The highest BCUT2D eigenvalue weighted by atomic mass is 32.2. The van der Waals surface area contributed by atoms with E-state index in [1.165, 1.54) is 31.2 Å². The van der Waals surface area contributed by atoms with Gasteiger partial charge in [-0.3, -0.25) is 0 Å². The molecule has 0 heterocycles. The molecule has 0 radical (unpaired) electrons. The predicted octanol–water partition coefficient (Wildman–Crippen LogP) is 0.185. The van der Waals surface area contributed by atoms with Crippen LogP contribution >= 0.6 is 0 Å². The molecular formula is C11H15NO5S. The highest BCUT2D eigenvalue weighted by molar-refractivity contribution is 7.88. The Morgan fingerprint density at radius 3 is 2.67 bits per heavy atom. The summed E-state index contributed by atoms with van der Waals surface area (Å²) in [6, 6.07) is 5.16. The first-order chi connectivity index (χ1) is 8.34. The molecular weight excluding hydrogens is 258 g/mol. The summed E-state index contributed by atoms with van der Waals surface area (Å²) >= 11 is 0. The van der Waals surface area contributed by atoms with Crippen LogP contribution in [0.4, 0.5) is 0 Å². The van der Waals surface area contributed by atoms with Crippen LogP contribution in [-0.2, 0) is 15.8 Å². The van der Waals surface area contributed by atoms with Gasteiger partial charge in [-0.15, -0.1) is 0 Å². The van der Waals surface area contributed by atoms with E-state index in [1.807, 2.05) is 0 Å². The second-order valence-electron chi connectivity index (χ2n) is 3.97. The molecule has 3 N–H and O–H groups in total. The first-order valence-electron chi connectivity index (χ1n) is 5.27. The van der Waals surface area contributed by atoms with Crippen molar-refractivity contribution >= 4 is 16.0 Å². The van der Waals surface area contributed by atoms with Crippen LogP contribution in [0.3, 0.4) is 0 Å². The van der Waals surface area contributed by atoms with Gasteiger partial charge in [0.2, 0.25) is 10.0 Å². The molecule has 0 unspecified atom stereocenters. The summed E-state index contributed by atoms with van der Waals surface area (Å²) in [5.74, 6) is -1.43. The Hall–Kier alpha value is -1.44. The van der Waals surface area contributed by atoms with Gasteiger partial charge in [0.15, 0.2) is 0 Å². The van der Waals surface area contributed by atoms with Gasteiger partial charge in [-0.2, -0.15) is 0 Å². The minimum atomic E-state index is -3.59. The van der Waals surface area contributed by atoms with E-state index in [-0.39, 0.29) is 17.9 Å². The largest absolute Gasteiger partial charge is 0.478 e. The Balaban J connectivity index is 2.84. The number of sulfonamides is 1. The molecule has 0 fully saturated rings. The number of hydrogen-bond acceptors (Lipinski definition) is 4. The van der Waals surface area contributed by atoms with E-state index in [4.69, 9.17) is 10.2 Å². The lowest BCUT2D eigenvalue weighted by molar-refractivity contribution is 0.0696. The molecule has 1 rings (SSSR count). The molecule has 0 saturated carbocycles. The third-order valence-corrected chi connectivity index (χ3v) is 3.66. The van der Waals surface area contributed by atoms with Crippen LogP contribution in [-0.4, -0.2) is 37.2 Å². The number of aromatic carboxylic acids is 1. The average Bonchev–Trinajstić information content (AvgIpc) is 2.27. The Morgan fingerprint density at radius 1 is 1.44 bits per heavy atom. The van der Waals surface area contributed by atoms with Gasteiger partial charge >= 0.3 is 5.97 Å². The molecule has 1 aromatic rings. The van der Waals surface area contributed by atoms with Crippen LogP contribution in [0.25, 0.3) is 0 Å². The number of carbonyl (C=O) groups is 1. The lowest BCUT2D eigenvalue weighted by Gasteiger charge is -2.11. The maximum absolute atomic E-state index is 11.7. The van der Waals surface area contributed by atoms with Crippen molar-refractivity contribution in [1.29, 1.82) is 0 Å². The van der Waals surface area contributed by atoms with Crippen molar-refractivity contribution in [3.8, 4) is 0 Å². The second-order valence-corrected chi connectivity index (χ2v) is 5.72. The van der Waals surface area contributed by atoms with E-state index in [2.05, 4.69) is 4.72 Å². The summed E-state index contributed by atoms with van der Waals surface area (Å²) in [5, 5.41) is 17.6. The van der Waals surface area contributed by atoms with Gasteiger partial charge in [-0.05, 0) is 24.6 Å². The third kappa shape index (κ3) is 4.44. The van der Waals surface area contributed by atoms with Crippen LogP contribution in [0.2, 0.25) is 0 Å².